The third kappa shape index (κ3) is 14.9. The molecular weight excluding hydrogens is 292 g/mol. The number of nitrogens with one attached hydrogen (secondary N) is 2. The van der Waals surface area contributed by atoms with Crippen LogP contribution in [-0.2, 0) is 28.6 Å². The lowest BCUT2D eigenvalue weighted by atomic mass is 10.3. The number of amides is 2. The van der Waals surface area contributed by atoms with Gasteiger partial charge in [0.1, 0.15) is 12.4 Å². The zero-order chi connectivity index (χ0) is 16.6. The van der Waals surface area contributed by atoms with Crippen molar-refractivity contribution in [2.45, 2.75) is 19.8 Å². The highest BCUT2D eigenvalue weighted by atomic mass is 16.5. The first-order chi connectivity index (χ1) is 10.6. The molecule has 0 fully saturated rings. The van der Waals surface area contributed by atoms with Crippen molar-refractivity contribution < 1.29 is 28.6 Å². The molecule has 8 heteroatoms. The molecule has 0 unspecified atom stereocenters. The molecule has 0 spiro atoms. The van der Waals surface area contributed by atoms with Crippen molar-refractivity contribution >= 4 is 17.6 Å². The zero-order valence-corrected chi connectivity index (χ0v) is 13.3. The van der Waals surface area contributed by atoms with Crippen LogP contribution >= 0.6 is 0 Å². The summed E-state index contributed by atoms with van der Waals surface area (Å²) in [6.45, 7) is 3.71. The van der Waals surface area contributed by atoms with Crippen LogP contribution in [0, 0.1) is 0 Å². The first kappa shape index (κ1) is 20.5. The first-order valence-corrected chi connectivity index (χ1v) is 7.23. The van der Waals surface area contributed by atoms with E-state index in [2.05, 4.69) is 15.4 Å². The second-order valence-corrected chi connectivity index (χ2v) is 4.56. The van der Waals surface area contributed by atoms with E-state index >= 15 is 0 Å². The number of methoxy groups -OCH3 is 1. The van der Waals surface area contributed by atoms with E-state index in [4.69, 9.17) is 9.47 Å². The number of ketones is 1. The van der Waals surface area contributed by atoms with Crippen molar-refractivity contribution in [1.82, 2.24) is 10.6 Å². The van der Waals surface area contributed by atoms with Crippen LogP contribution in [0.3, 0.4) is 0 Å². The molecule has 8 nitrogen and oxygen atoms in total. The molecular formula is C14H26N2O6. The minimum Gasteiger partial charge on any atom is -0.379 e. The van der Waals surface area contributed by atoms with Gasteiger partial charge in [0.25, 0.3) is 0 Å². The molecule has 0 aromatic rings. The minimum atomic E-state index is -0.200. The van der Waals surface area contributed by atoms with E-state index in [9.17, 15) is 14.4 Å². The molecule has 22 heavy (non-hydrogen) atoms. The van der Waals surface area contributed by atoms with Gasteiger partial charge in [0, 0.05) is 33.0 Å². The zero-order valence-electron chi connectivity index (χ0n) is 13.3. The molecule has 0 heterocycles. The molecule has 0 aliphatic carbocycles. The Kier molecular flexibility index (Phi) is 13.4. The third-order valence-electron chi connectivity index (χ3n) is 2.48. The van der Waals surface area contributed by atoms with Gasteiger partial charge in [-0.3, -0.25) is 14.4 Å². The number of rotatable bonds is 14. The summed E-state index contributed by atoms with van der Waals surface area (Å²) in [7, 11) is 1.45. The molecule has 0 aliphatic rings. The lowest BCUT2D eigenvalue weighted by Crippen LogP contribution is -2.31. The van der Waals surface area contributed by atoms with Gasteiger partial charge in [-0.25, -0.2) is 0 Å². The smallest absolute Gasteiger partial charge is 0.246 e. The van der Waals surface area contributed by atoms with Crippen LogP contribution in [0.25, 0.3) is 0 Å². The summed E-state index contributed by atoms with van der Waals surface area (Å²) in [4.78, 5) is 33.1. The lowest BCUT2D eigenvalue weighted by molar-refractivity contribution is -0.125. The monoisotopic (exact) mass is 318 g/mol. The highest BCUT2D eigenvalue weighted by molar-refractivity contribution is 5.77. The van der Waals surface area contributed by atoms with Gasteiger partial charge in [0.2, 0.25) is 11.8 Å². The van der Waals surface area contributed by atoms with Gasteiger partial charge >= 0.3 is 0 Å². The molecule has 2 amide bonds. The quantitative estimate of drug-likeness (QED) is 0.409. The third-order valence-corrected chi connectivity index (χ3v) is 2.48. The topological polar surface area (TPSA) is 103 Å². The number of ether oxygens (including phenoxy) is 3. The fraction of sp³-hybridized carbons (Fsp3) is 0.786. The largest absolute Gasteiger partial charge is 0.379 e. The van der Waals surface area contributed by atoms with Crippen molar-refractivity contribution in [2.24, 2.45) is 0 Å². The maximum absolute atomic E-state index is 11.4. The van der Waals surface area contributed by atoms with Crippen molar-refractivity contribution in [3.05, 3.63) is 0 Å². The average molecular weight is 318 g/mol. The van der Waals surface area contributed by atoms with E-state index in [1.54, 1.807) is 0 Å². The molecule has 128 valence electrons. The Morgan fingerprint density at radius 2 is 1.36 bits per heavy atom. The summed E-state index contributed by atoms with van der Waals surface area (Å²) >= 11 is 0. The SMILES string of the molecule is COCC(=O)NCCOCCC(=O)NCCOCCC(C)=O. The van der Waals surface area contributed by atoms with Crippen molar-refractivity contribution in [1.29, 1.82) is 0 Å². The van der Waals surface area contributed by atoms with E-state index in [-0.39, 0.29) is 37.2 Å². The maximum atomic E-state index is 11.4. The molecule has 0 aromatic heterocycles. The molecule has 0 bridgehead atoms. The predicted octanol–water partition coefficient (Wildman–Crippen LogP) is -0.732. The van der Waals surface area contributed by atoms with Crippen LogP contribution in [0.15, 0.2) is 0 Å². The molecule has 0 saturated carbocycles. The van der Waals surface area contributed by atoms with E-state index in [1.165, 1.54) is 14.0 Å². The number of Topliss-reactive ketones (excluding diaryl/α,β-unsaturated/α-hetero) is 1. The number of carbonyl (C=O) groups excluding carboxylic acids is 3. The Labute approximate surface area is 130 Å². The van der Waals surface area contributed by atoms with Crippen LogP contribution < -0.4 is 10.6 Å². The van der Waals surface area contributed by atoms with Crippen LogP contribution in [0.4, 0.5) is 0 Å². The highest BCUT2D eigenvalue weighted by Crippen LogP contribution is 1.85. The molecule has 0 rings (SSSR count). The Hall–Kier alpha value is -1.51. The summed E-state index contributed by atoms with van der Waals surface area (Å²) in [6.07, 6.45) is 0.641. The predicted molar refractivity (Wildman–Crippen MR) is 79.4 cm³/mol. The van der Waals surface area contributed by atoms with Gasteiger partial charge in [-0.1, -0.05) is 0 Å². The van der Waals surface area contributed by atoms with Gasteiger partial charge in [0.05, 0.1) is 26.4 Å². The minimum absolute atomic E-state index is 0.0247. The van der Waals surface area contributed by atoms with E-state index in [1.807, 2.05) is 0 Å². The number of hydrogen-bond donors (Lipinski definition) is 2. The molecule has 0 saturated heterocycles. The Bertz CT molecular complexity index is 335. The lowest BCUT2D eigenvalue weighted by Gasteiger charge is -2.07. The number of hydrogen-bond acceptors (Lipinski definition) is 6. The fourth-order valence-electron chi connectivity index (χ4n) is 1.38. The van der Waals surface area contributed by atoms with Crippen molar-refractivity contribution in [3.8, 4) is 0 Å². The van der Waals surface area contributed by atoms with E-state index in [0.717, 1.165) is 0 Å². The van der Waals surface area contributed by atoms with Crippen LogP contribution in [-0.4, -0.2) is 70.8 Å². The van der Waals surface area contributed by atoms with Gasteiger partial charge in [-0.2, -0.15) is 0 Å². The second-order valence-electron chi connectivity index (χ2n) is 4.56. The standard InChI is InChI=1S/C14H26N2O6/c1-12(17)3-7-21-9-5-15-13(18)4-8-22-10-6-16-14(19)11-20-2/h3-11H2,1-2H3,(H,15,18)(H,16,19). The number of carbonyl (C=O) groups is 3. The summed E-state index contributed by atoms with van der Waals surface area (Å²) in [6, 6.07) is 0. The maximum Gasteiger partial charge on any atom is 0.246 e. The molecule has 0 radical (unpaired) electrons. The second kappa shape index (κ2) is 14.4. The van der Waals surface area contributed by atoms with Gasteiger partial charge in [-0.15, -0.1) is 0 Å². The Balaban J connectivity index is 3.29. The Morgan fingerprint density at radius 1 is 0.818 bits per heavy atom. The molecule has 0 atom stereocenters. The molecule has 0 aromatic carbocycles. The van der Waals surface area contributed by atoms with Gasteiger partial charge < -0.3 is 24.8 Å². The summed E-state index contributed by atoms with van der Waals surface area (Å²) in [5, 5.41) is 5.28. The normalized spacial score (nSPS) is 10.3. The summed E-state index contributed by atoms with van der Waals surface area (Å²) in [5.41, 5.74) is 0. The Morgan fingerprint density at radius 3 is 1.91 bits per heavy atom. The van der Waals surface area contributed by atoms with E-state index < -0.39 is 0 Å². The van der Waals surface area contributed by atoms with Crippen LogP contribution in [0.5, 0.6) is 0 Å². The van der Waals surface area contributed by atoms with E-state index in [0.29, 0.717) is 39.3 Å². The summed E-state index contributed by atoms with van der Waals surface area (Å²) in [5.74, 6) is -0.244. The van der Waals surface area contributed by atoms with Crippen molar-refractivity contribution in [2.75, 3.05) is 53.2 Å². The first-order valence-electron chi connectivity index (χ1n) is 7.23. The molecule has 0 aliphatic heterocycles. The average Bonchev–Trinajstić information content (AvgIpc) is 2.46. The van der Waals surface area contributed by atoms with Crippen molar-refractivity contribution in [3.63, 3.8) is 0 Å². The van der Waals surface area contributed by atoms with Crippen LogP contribution in [0.2, 0.25) is 0 Å². The molecule has 2 N–H and O–H groups in total. The highest BCUT2D eigenvalue weighted by Gasteiger charge is 2.02. The fourth-order valence-corrected chi connectivity index (χ4v) is 1.38. The van der Waals surface area contributed by atoms with Gasteiger partial charge in [-0.05, 0) is 6.92 Å². The summed E-state index contributed by atoms with van der Waals surface area (Å²) < 4.78 is 15.1. The van der Waals surface area contributed by atoms with Crippen LogP contribution in [0.1, 0.15) is 19.8 Å². The van der Waals surface area contributed by atoms with Gasteiger partial charge in [0.15, 0.2) is 0 Å².